The van der Waals surface area contributed by atoms with Crippen molar-refractivity contribution in [2.45, 2.75) is 43.3 Å². The van der Waals surface area contributed by atoms with Crippen molar-refractivity contribution in [2.75, 3.05) is 26.0 Å². The Morgan fingerprint density at radius 2 is 2.04 bits per heavy atom. The van der Waals surface area contributed by atoms with E-state index in [1.165, 1.54) is 31.0 Å². The maximum absolute atomic E-state index is 12.4. The quantitative estimate of drug-likeness (QED) is 0.568. The number of likely N-dealkylation sites (N-methyl/N-ethyl adjacent to an activating group) is 1. The van der Waals surface area contributed by atoms with Crippen LogP contribution in [-0.2, 0) is 4.79 Å². The first-order chi connectivity index (χ1) is 13.1. The number of aromatic nitrogens is 4. The van der Waals surface area contributed by atoms with Crippen LogP contribution in [0.15, 0.2) is 33.9 Å². The summed E-state index contributed by atoms with van der Waals surface area (Å²) in [5, 5.41) is 12.8. The maximum Gasteiger partial charge on any atom is 0.232 e. The summed E-state index contributed by atoms with van der Waals surface area (Å²) in [6.07, 6.45) is 5.94. The highest BCUT2D eigenvalue weighted by atomic mass is 79.9. The third-order valence-corrected chi connectivity index (χ3v) is 6.09. The Morgan fingerprint density at radius 1 is 1.30 bits per heavy atom. The molecule has 1 aliphatic rings. The van der Waals surface area contributed by atoms with Crippen molar-refractivity contribution in [3.8, 4) is 5.75 Å². The third-order valence-electron chi connectivity index (χ3n) is 4.64. The molecule has 1 fully saturated rings. The number of carbonyl (C=O) groups is 1. The van der Waals surface area contributed by atoms with E-state index in [0.717, 1.165) is 28.2 Å². The Kier molecular flexibility index (Phi) is 7.51. The van der Waals surface area contributed by atoms with Crippen molar-refractivity contribution in [3.05, 3.63) is 28.7 Å². The minimum Gasteiger partial charge on any atom is -0.492 e. The number of hydrogen-bond acceptors (Lipinski definition) is 6. The number of thioether (sulfide) groups is 1. The molecule has 0 radical (unpaired) electrons. The van der Waals surface area contributed by atoms with Crippen LogP contribution in [0.25, 0.3) is 0 Å². The van der Waals surface area contributed by atoms with Gasteiger partial charge in [0.25, 0.3) is 0 Å². The van der Waals surface area contributed by atoms with E-state index in [-0.39, 0.29) is 5.91 Å². The number of benzene rings is 1. The van der Waals surface area contributed by atoms with Crippen molar-refractivity contribution in [1.29, 1.82) is 0 Å². The molecule has 0 atom stereocenters. The Morgan fingerprint density at radius 3 is 2.78 bits per heavy atom. The van der Waals surface area contributed by atoms with Crippen molar-refractivity contribution < 1.29 is 9.53 Å². The van der Waals surface area contributed by atoms with Gasteiger partial charge in [-0.05, 0) is 47.5 Å². The average molecular weight is 454 g/mol. The van der Waals surface area contributed by atoms with Crippen LogP contribution in [-0.4, -0.2) is 57.0 Å². The molecule has 1 aliphatic carbocycles. The third kappa shape index (κ3) is 5.93. The van der Waals surface area contributed by atoms with Gasteiger partial charge in [0.15, 0.2) is 0 Å². The van der Waals surface area contributed by atoms with Crippen molar-refractivity contribution in [1.82, 2.24) is 25.1 Å². The molecule has 1 heterocycles. The molecule has 2 aromatic rings. The second kappa shape index (κ2) is 10.1. The Hall–Kier alpha value is -1.61. The Labute approximate surface area is 172 Å². The predicted molar refractivity (Wildman–Crippen MR) is 108 cm³/mol. The second-order valence-corrected chi connectivity index (χ2v) is 8.46. The first-order valence-electron chi connectivity index (χ1n) is 9.16. The van der Waals surface area contributed by atoms with Gasteiger partial charge in [-0.25, -0.2) is 4.68 Å². The van der Waals surface area contributed by atoms with Crippen molar-refractivity contribution in [3.63, 3.8) is 0 Å². The number of tetrazole rings is 1. The number of hydrogen-bond donors (Lipinski definition) is 0. The number of nitrogens with zero attached hydrogens (tertiary/aromatic N) is 5. The van der Waals surface area contributed by atoms with E-state index in [0.29, 0.717) is 24.9 Å². The minimum atomic E-state index is 0.0394. The Balaban J connectivity index is 1.42. The highest BCUT2D eigenvalue weighted by Gasteiger charge is 2.21. The highest BCUT2D eigenvalue weighted by molar-refractivity contribution is 9.10. The topological polar surface area (TPSA) is 73.1 Å². The summed E-state index contributed by atoms with van der Waals surface area (Å²) in [6, 6.07) is 8.01. The van der Waals surface area contributed by atoms with Crippen LogP contribution in [0.2, 0.25) is 0 Å². The van der Waals surface area contributed by atoms with E-state index in [2.05, 4.69) is 31.5 Å². The van der Waals surface area contributed by atoms with Gasteiger partial charge < -0.3 is 9.64 Å². The summed E-state index contributed by atoms with van der Waals surface area (Å²) in [7, 11) is 1.79. The molecule has 7 nitrogen and oxygen atoms in total. The summed E-state index contributed by atoms with van der Waals surface area (Å²) in [5.41, 5.74) is 0. The fourth-order valence-electron chi connectivity index (χ4n) is 3.03. The van der Waals surface area contributed by atoms with Gasteiger partial charge in [-0.3, -0.25) is 4.79 Å². The molecule has 3 rings (SSSR count). The van der Waals surface area contributed by atoms with E-state index >= 15 is 0 Å². The lowest BCUT2D eigenvalue weighted by Gasteiger charge is -2.22. The average Bonchev–Trinajstić information content (AvgIpc) is 3.17. The normalized spacial score (nSPS) is 14.9. The van der Waals surface area contributed by atoms with Gasteiger partial charge in [0, 0.05) is 11.5 Å². The molecule has 1 saturated carbocycles. The van der Waals surface area contributed by atoms with Crippen LogP contribution >= 0.6 is 27.7 Å². The molecule has 0 spiro atoms. The summed E-state index contributed by atoms with van der Waals surface area (Å²) >= 11 is 4.80. The standard InChI is InChI=1S/C18H24BrN5O2S/c1-23(11-12-26-16-9-7-14(19)8-10-16)17(25)13-27-18-20-21-22-24(18)15-5-3-2-4-6-15/h7-10,15H,2-6,11-13H2,1H3. The molecule has 27 heavy (non-hydrogen) atoms. The number of ether oxygens (including phenoxy) is 1. The van der Waals surface area contributed by atoms with Crippen molar-refractivity contribution >= 4 is 33.6 Å². The highest BCUT2D eigenvalue weighted by Crippen LogP contribution is 2.30. The zero-order chi connectivity index (χ0) is 19.1. The summed E-state index contributed by atoms with van der Waals surface area (Å²) in [4.78, 5) is 14.1. The number of halogens is 1. The molecule has 1 amide bonds. The molecular formula is C18H24BrN5O2S. The molecule has 146 valence electrons. The zero-order valence-corrected chi connectivity index (χ0v) is 17.8. The first-order valence-corrected chi connectivity index (χ1v) is 10.9. The van der Waals surface area contributed by atoms with Crippen molar-refractivity contribution in [2.24, 2.45) is 0 Å². The van der Waals surface area contributed by atoms with Gasteiger partial charge in [-0.1, -0.05) is 47.0 Å². The minimum absolute atomic E-state index is 0.0394. The molecule has 0 N–H and O–H groups in total. The van der Waals surface area contributed by atoms with Gasteiger partial charge in [0.2, 0.25) is 11.1 Å². The molecule has 0 bridgehead atoms. The maximum atomic E-state index is 12.4. The summed E-state index contributed by atoms with van der Waals surface area (Å²) in [5.74, 6) is 1.15. The van der Waals surface area contributed by atoms with E-state index in [1.807, 2.05) is 28.9 Å². The predicted octanol–water partition coefficient (Wildman–Crippen LogP) is 3.57. The molecule has 0 aliphatic heterocycles. The van der Waals surface area contributed by atoms with Crippen LogP contribution in [0.5, 0.6) is 5.75 Å². The molecule has 1 aromatic carbocycles. The van der Waals surface area contributed by atoms with Gasteiger partial charge in [-0.2, -0.15) is 0 Å². The van der Waals surface area contributed by atoms with Gasteiger partial charge in [0.05, 0.1) is 18.3 Å². The van der Waals surface area contributed by atoms with Crippen LogP contribution in [0.1, 0.15) is 38.1 Å². The van der Waals surface area contributed by atoms with Crippen LogP contribution < -0.4 is 4.74 Å². The van der Waals surface area contributed by atoms with E-state index in [4.69, 9.17) is 4.74 Å². The van der Waals surface area contributed by atoms with E-state index < -0.39 is 0 Å². The van der Waals surface area contributed by atoms with Crippen LogP contribution in [0.4, 0.5) is 0 Å². The summed E-state index contributed by atoms with van der Waals surface area (Å²) < 4.78 is 8.58. The second-order valence-electron chi connectivity index (χ2n) is 6.60. The van der Waals surface area contributed by atoms with Gasteiger partial charge >= 0.3 is 0 Å². The largest absolute Gasteiger partial charge is 0.492 e. The van der Waals surface area contributed by atoms with Crippen LogP contribution in [0.3, 0.4) is 0 Å². The molecule has 0 unspecified atom stereocenters. The lowest BCUT2D eigenvalue weighted by molar-refractivity contribution is -0.127. The van der Waals surface area contributed by atoms with Gasteiger partial charge in [0.1, 0.15) is 12.4 Å². The number of carbonyl (C=O) groups excluding carboxylic acids is 1. The SMILES string of the molecule is CN(CCOc1ccc(Br)cc1)C(=O)CSc1nnnn1C1CCCCC1. The molecule has 0 saturated heterocycles. The lowest BCUT2D eigenvalue weighted by Crippen LogP contribution is -2.32. The van der Waals surface area contributed by atoms with E-state index in [1.54, 1.807) is 11.9 Å². The first kappa shape index (κ1) is 20.1. The fraction of sp³-hybridized carbons (Fsp3) is 0.556. The number of rotatable bonds is 8. The van der Waals surface area contributed by atoms with Crippen LogP contribution in [0, 0.1) is 0 Å². The van der Waals surface area contributed by atoms with Gasteiger partial charge in [-0.15, -0.1) is 5.10 Å². The molecular weight excluding hydrogens is 430 g/mol. The molecule has 1 aromatic heterocycles. The fourth-order valence-corrected chi connectivity index (χ4v) is 4.18. The number of amides is 1. The van der Waals surface area contributed by atoms with E-state index in [9.17, 15) is 4.79 Å². The monoisotopic (exact) mass is 453 g/mol. The molecule has 9 heteroatoms. The summed E-state index contributed by atoms with van der Waals surface area (Å²) in [6.45, 7) is 0.984. The Bertz CT molecular complexity index is 734. The zero-order valence-electron chi connectivity index (χ0n) is 15.4. The lowest BCUT2D eigenvalue weighted by atomic mass is 9.96. The smallest absolute Gasteiger partial charge is 0.232 e.